The highest BCUT2D eigenvalue weighted by Crippen LogP contribution is 2.20. The summed E-state index contributed by atoms with van der Waals surface area (Å²) in [7, 11) is 1.62. The molecule has 0 aliphatic carbocycles. The zero-order valence-electron chi connectivity index (χ0n) is 13.6. The van der Waals surface area contributed by atoms with Gasteiger partial charge in [-0.25, -0.2) is 0 Å². The molecule has 1 saturated heterocycles. The van der Waals surface area contributed by atoms with Gasteiger partial charge in [0.2, 0.25) is 5.91 Å². The second-order valence-corrected chi connectivity index (χ2v) is 6.86. The van der Waals surface area contributed by atoms with Crippen LogP contribution in [0.25, 0.3) is 0 Å². The number of hydrogen-bond acceptors (Lipinski definition) is 4. The van der Waals surface area contributed by atoms with Gasteiger partial charge >= 0.3 is 0 Å². The number of methoxy groups -OCH3 is 1. The van der Waals surface area contributed by atoms with E-state index in [1.54, 1.807) is 7.11 Å². The molecule has 1 N–H and O–H groups in total. The lowest BCUT2D eigenvalue weighted by molar-refractivity contribution is -0.138. The quantitative estimate of drug-likeness (QED) is 0.813. The Hall–Kier alpha value is -0.650. The highest BCUT2D eigenvalue weighted by Gasteiger charge is 2.28. The average Bonchev–Trinajstić information content (AvgIpc) is 2.38. The van der Waals surface area contributed by atoms with E-state index in [0.717, 1.165) is 26.2 Å². The van der Waals surface area contributed by atoms with Crippen LogP contribution in [0.1, 0.15) is 27.7 Å². The van der Waals surface area contributed by atoms with Crippen molar-refractivity contribution >= 4 is 5.91 Å². The van der Waals surface area contributed by atoms with Crippen molar-refractivity contribution in [2.45, 2.75) is 33.8 Å². The molecule has 118 valence electrons. The van der Waals surface area contributed by atoms with Gasteiger partial charge in [0.15, 0.2) is 0 Å². The minimum Gasteiger partial charge on any atom is -0.391 e. The number of rotatable bonds is 5. The molecule has 20 heavy (non-hydrogen) atoms. The maximum atomic E-state index is 12.2. The van der Waals surface area contributed by atoms with E-state index in [-0.39, 0.29) is 23.3 Å². The van der Waals surface area contributed by atoms with Crippen LogP contribution in [0.3, 0.4) is 0 Å². The summed E-state index contributed by atoms with van der Waals surface area (Å²) in [6.45, 7) is 12.3. The molecule has 0 radical (unpaired) electrons. The maximum absolute atomic E-state index is 12.2. The summed E-state index contributed by atoms with van der Waals surface area (Å²) >= 11 is 0. The van der Waals surface area contributed by atoms with Crippen LogP contribution >= 0.6 is 0 Å². The Morgan fingerprint density at radius 3 is 2.25 bits per heavy atom. The van der Waals surface area contributed by atoms with Gasteiger partial charge in [-0.15, -0.1) is 0 Å². The third kappa shape index (κ3) is 5.04. The van der Waals surface area contributed by atoms with Crippen molar-refractivity contribution < 1.29 is 14.6 Å². The number of hydrogen-bond donors (Lipinski definition) is 1. The highest BCUT2D eigenvalue weighted by molar-refractivity contribution is 5.78. The predicted molar refractivity (Wildman–Crippen MR) is 79.5 cm³/mol. The van der Waals surface area contributed by atoms with Gasteiger partial charge in [0, 0.05) is 39.8 Å². The number of ether oxygens (including phenoxy) is 1. The average molecular weight is 286 g/mol. The van der Waals surface area contributed by atoms with Gasteiger partial charge in [0.05, 0.1) is 18.6 Å². The van der Waals surface area contributed by atoms with Gasteiger partial charge in [-0.2, -0.15) is 0 Å². The standard InChI is InChI=1S/C15H30N2O3/c1-12(11-20-5)14(19)17-8-6-16(7-9-17)10-13(18)15(2,3)4/h12-13,18H,6-11H2,1-5H3/t12-,13-/m0/s1. The number of amides is 1. The lowest BCUT2D eigenvalue weighted by atomic mass is 9.89. The summed E-state index contributed by atoms with van der Waals surface area (Å²) in [6, 6.07) is 0. The van der Waals surface area contributed by atoms with Crippen molar-refractivity contribution in [3.05, 3.63) is 0 Å². The first-order valence-corrected chi connectivity index (χ1v) is 7.44. The zero-order valence-corrected chi connectivity index (χ0v) is 13.6. The number of piperazine rings is 1. The molecule has 5 heteroatoms. The summed E-state index contributed by atoms with van der Waals surface area (Å²) in [5, 5.41) is 10.1. The molecule has 1 heterocycles. The van der Waals surface area contributed by atoms with Crippen molar-refractivity contribution in [1.82, 2.24) is 9.80 Å². The summed E-state index contributed by atoms with van der Waals surface area (Å²) in [4.78, 5) is 16.3. The van der Waals surface area contributed by atoms with Crippen molar-refractivity contribution in [1.29, 1.82) is 0 Å². The Morgan fingerprint density at radius 1 is 1.25 bits per heavy atom. The van der Waals surface area contributed by atoms with E-state index in [1.807, 2.05) is 32.6 Å². The number of aliphatic hydroxyl groups is 1. The van der Waals surface area contributed by atoms with E-state index in [0.29, 0.717) is 13.2 Å². The monoisotopic (exact) mass is 286 g/mol. The predicted octanol–water partition coefficient (Wildman–Crippen LogP) is 0.820. The molecule has 1 rings (SSSR count). The molecule has 1 aliphatic rings. The fourth-order valence-corrected chi connectivity index (χ4v) is 2.30. The summed E-state index contributed by atoms with van der Waals surface area (Å²) < 4.78 is 5.04. The third-order valence-electron chi connectivity index (χ3n) is 3.95. The van der Waals surface area contributed by atoms with Crippen LogP contribution < -0.4 is 0 Å². The second kappa shape index (κ2) is 7.38. The molecule has 0 bridgehead atoms. The Bertz CT molecular complexity index is 307. The van der Waals surface area contributed by atoms with E-state index in [1.165, 1.54) is 0 Å². The number of nitrogens with zero attached hydrogens (tertiary/aromatic N) is 2. The molecule has 1 amide bonds. The minimum absolute atomic E-state index is 0.0771. The first kappa shape index (κ1) is 17.4. The molecule has 0 aromatic rings. The Balaban J connectivity index is 2.38. The highest BCUT2D eigenvalue weighted by atomic mass is 16.5. The van der Waals surface area contributed by atoms with Gasteiger partial charge in [-0.05, 0) is 5.41 Å². The van der Waals surface area contributed by atoms with Crippen LogP contribution in [0.2, 0.25) is 0 Å². The fraction of sp³-hybridized carbons (Fsp3) is 0.933. The molecule has 2 atom stereocenters. The molecular weight excluding hydrogens is 256 g/mol. The first-order chi connectivity index (χ1) is 9.25. The van der Waals surface area contributed by atoms with Crippen LogP contribution in [0, 0.1) is 11.3 Å². The molecule has 0 aromatic heterocycles. The van der Waals surface area contributed by atoms with Crippen molar-refractivity contribution in [2.75, 3.05) is 46.4 Å². The zero-order chi connectivity index (χ0) is 15.3. The van der Waals surface area contributed by atoms with Gasteiger partial charge in [-0.3, -0.25) is 9.69 Å². The van der Waals surface area contributed by atoms with Crippen molar-refractivity contribution in [3.8, 4) is 0 Å². The molecule has 0 saturated carbocycles. The largest absolute Gasteiger partial charge is 0.391 e. The van der Waals surface area contributed by atoms with E-state index >= 15 is 0 Å². The Morgan fingerprint density at radius 2 is 1.80 bits per heavy atom. The third-order valence-corrected chi connectivity index (χ3v) is 3.95. The smallest absolute Gasteiger partial charge is 0.227 e. The van der Waals surface area contributed by atoms with Crippen molar-refractivity contribution in [3.63, 3.8) is 0 Å². The van der Waals surface area contributed by atoms with E-state index in [4.69, 9.17) is 4.74 Å². The van der Waals surface area contributed by atoms with Crippen LogP contribution in [0.5, 0.6) is 0 Å². The number of carbonyl (C=O) groups is 1. The Kier molecular flexibility index (Phi) is 6.43. The van der Waals surface area contributed by atoms with E-state index in [9.17, 15) is 9.90 Å². The number of β-amino-alcohol motifs (C(OH)–C–C–N with tert-alkyl or cyclic N) is 1. The summed E-state index contributed by atoms with van der Waals surface area (Å²) in [5.74, 6) is 0.0922. The fourth-order valence-electron chi connectivity index (χ4n) is 2.30. The number of aliphatic hydroxyl groups excluding tert-OH is 1. The van der Waals surface area contributed by atoms with Crippen molar-refractivity contribution in [2.24, 2.45) is 11.3 Å². The molecule has 5 nitrogen and oxygen atoms in total. The van der Waals surface area contributed by atoms with E-state index < -0.39 is 0 Å². The van der Waals surface area contributed by atoms with Gasteiger partial charge in [0.25, 0.3) is 0 Å². The molecule has 1 fully saturated rings. The lowest BCUT2D eigenvalue weighted by Crippen LogP contribution is -2.53. The number of carbonyl (C=O) groups excluding carboxylic acids is 1. The molecule has 0 spiro atoms. The van der Waals surface area contributed by atoms with Gasteiger partial charge in [0.1, 0.15) is 0 Å². The van der Waals surface area contributed by atoms with Crippen LogP contribution in [0.4, 0.5) is 0 Å². The SMILES string of the molecule is COC[C@H](C)C(=O)N1CCN(C[C@H](O)C(C)(C)C)CC1. The van der Waals surface area contributed by atoms with Gasteiger partial charge in [-0.1, -0.05) is 27.7 Å². The summed E-state index contributed by atoms with van der Waals surface area (Å²) in [6.07, 6.45) is -0.336. The van der Waals surface area contributed by atoms with Crippen LogP contribution in [-0.4, -0.2) is 73.4 Å². The molecule has 0 aromatic carbocycles. The summed E-state index contributed by atoms with van der Waals surface area (Å²) in [5.41, 5.74) is -0.0973. The molecule has 0 unspecified atom stereocenters. The van der Waals surface area contributed by atoms with Gasteiger partial charge < -0.3 is 14.7 Å². The molecular formula is C15H30N2O3. The normalized spacial score (nSPS) is 20.8. The second-order valence-electron chi connectivity index (χ2n) is 6.86. The minimum atomic E-state index is -0.336. The molecule has 1 aliphatic heterocycles. The topological polar surface area (TPSA) is 53.0 Å². The Labute approximate surface area is 122 Å². The van der Waals surface area contributed by atoms with E-state index in [2.05, 4.69) is 4.90 Å². The van der Waals surface area contributed by atoms with Crippen LogP contribution in [-0.2, 0) is 9.53 Å². The lowest BCUT2D eigenvalue weighted by Gasteiger charge is -2.38. The van der Waals surface area contributed by atoms with Crippen LogP contribution in [0.15, 0.2) is 0 Å². The first-order valence-electron chi connectivity index (χ1n) is 7.44. The maximum Gasteiger partial charge on any atom is 0.227 e.